The van der Waals surface area contributed by atoms with Crippen molar-refractivity contribution in [1.82, 2.24) is 10.2 Å². The van der Waals surface area contributed by atoms with E-state index in [2.05, 4.69) is 35.9 Å². The van der Waals surface area contributed by atoms with Gasteiger partial charge in [-0.15, -0.1) is 0 Å². The Bertz CT molecular complexity index is 510. The molecule has 2 fully saturated rings. The zero-order valence-electron chi connectivity index (χ0n) is 16.8. The van der Waals surface area contributed by atoms with E-state index in [1.165, 1.54) is 5.70 Å². The first-order valence-corrected chi connectivity index (χ1v) is 9.15. The minimum absolute atomic E-state index is 0.233. The number of morpholine rings is 1. The van der Waals surface area contributed by atoms with Gasteiger partial charge in [0.2, 0.25) is 0 Å². The summed E-state index contributed by atoms with van der Waals surface area (Å²) in [6, 6.07) is 0. The summed E-state index contributed by atoms with van der Waals surface area (Å²) in [6.45, 7) is 16.1. The maximum atomic E-state index is 7.00. The number of rotatable bonds is 2. The second-order valence-corrected chi connectivity index (χ2v) is 5.30. The highest BCUT2D eigenvalue weighted by Gasteiger charge is 2.45. The highest BCUT2D eigenvalue weighted by molar-refractivity contribution is 5.40. The van der Waals surface area contributed by atoms with E-state index in [0.29, 0.717) is 0 Å². The Morgan fingerprint density at radius 3 is 2.16 bits per heavy atom. The second-order valence-electron chi connectivity index (χ2n) is 5.30. The Morgan fingerprint density at radius 1 is 1.12 bits per heavy atom. The molecule has 0 aromatic carbocycles. The van der Waals surface area contributed by atoms with Crippen LogP contribution in [0.5, 0.6) is 0 Å². The minimum Gasteiger partial charge on any atom is -0.479 e. The van der Waals surface area contributed by atoms with Gasteiger partial charge in [-0.05, 0) is 46.0 Å². The third-order valence-corrected chi connectivity index (χ3v) is 4.12. The van der Waals surface area contributed by atoms with Crippen molar-refractivity contribution >= 4 is 0 Å². The van der Waals surface area contributed by atoms with E-state index in [0.717, 1.165) is 44.5 Å². The highest BCUT2D eigenvalue weighted by atomic mass is 16.5. The van der Waals surface area contributed by atoms with Crippen LogP contribution in [0.3, 0.4) is 0 Å². The molecule has 2 aliphatic heterocycles. The van der Waals surface area contributed by atoms with Gasteiger partial charge >= 0.3 is 0 Å². The van der Waals surface area contributed by atoms with Gasteiger partial charge < -0.3 is 20.1 Å². The fourth-order valence-corrected chi connectivity index (χ4v) is 3.13. The average Bonchev–Trinajstić information content (AvgIpc) is 2.69. The number of ether oxygens (including phenoxy) is 1. The van der Waals surface area contributed by atoms with Gasteiger partial charge in [0, 0.05) is 26.2 Å². The molecule has 0 amide bonds. The molecule has 0 unspecified atom stereocenters. The van der Waals surface area contributed by atoms with Crippen molar-refractivity contribution in [2.45, 2.75) is 53.1 Å². The Hall–Kier alpha value is -1.78. The van der Waals surface area contributed by atoms with Crippen molar-refractivity contribution in [3.63, 3.8) is 0 Å². The molecule has 0 aromatic rings. The molecule has 25 heavy (non-hydrogen) atoms. The second kappa shape index (κ2) is 12.6. The molecule has 0 radical (unpaired) electrons. The van der Waals surface area contributed by atoms with Crippen LogP contribution in [0.15, 0.2) is 60.3 Å². The zero-order valence-corrected chi connectivity index (χ0v) is 16.8. The maximum absolute atomic E-state index is 7.00. The van der Waals surface area contributed by atoms with Gasteiger partial charge in [0.25, 0.3) is 0 Å². The number of hydrogen-bond donors (Lipinski definition) is 2. The molecule has 2 aliphatic rings. The molecule has 0 saturated carbocycles. The fourth-order valence-electron chi connectivity index (χ4n) is 3.13. The lowest BCUT2D eigenvalue weighted by molar-refractivity contribution is -0.0243. The van der Waals surface area contributed by atoms with Crippen LogP contribution in [0.2, 0.25) is 0 Å². The van der Waals surface area contributed by atoms with Crippen LogP contribution in [0.25, 0.3) is 0 Å². The molecule has 2 N–H and O–H groups in total. The van der Waals surface area contributed by atoms with Crippen molar-refractivity contribution in [3.05, 3.63) is 60.3 Å². The lowest BCUT2D eigenvalue weighted by atomic mass is 9.85. The topological polar surface area (TPSA) is 44.7 Å². The summed E-state index contributed by atoms with van der Waals surface area (Å²) in [5.74, 6) is 0.931. The van der Waals surface area contributed by atoms with Crippen LogP contribution in [0.1, 0.15) is 47.5 Å². The average molecular weight is 349 g/mol. The number of aliphatic hydroxyl groups is 1. The summed E-state index contributed by atoms with van der Waals surface area (Å²) in [4.78, 5) is 2.17. The first-order chi connectivity index (χ1) is 12.2. The van der Waals surface area contributed by atoms with Crippen LogP contribution in [0.4, 0.5) is 0 Å². The zero-order chi connectivity index (χ0) is 19.3. The first-order valence-electron chi connectivity index (χ1n) is 9.15. The van der Waals surface area contributed by atoms with Gasteiger partial charge in [-0.25, -0.2) is 0 Å². The van der Waals surface area contributed by atoms with Crippen LogP contribution in [-0.4, -0.2) is 35.8 Å². The molecule has 2 rings (SSSR count). The summed E-state index contributed by atoms with van der Waals surface area (Å²) in [5, 5.41) is 10.4. The Balaban J connectivity index is 0.00000134. The molecule has 4 nitrogen and oxygen atoms in total. The van der Waals surface area contributed by atoms with E-state index in [1.54, 1.807) is 0 Å². The molecular weight excluding hydrogens is 312 g/mol. The SMILES string of the molecule is C=CN1/C(=C\C)C2(CCNCC2)OC(=C/C)/C1=C\C=C/C.CC.CO. The number of piperidine rings is 1. The molecule has 0 atom stereocenters. The smallest absolute Gasteiger partial charge is 0.151 e. The summed E-state index contributed by atoms with van der Waals surface area (Å²) in [6.07, 6.45) is 14.2. The van der Waals surface area contributed by atoms with Crippen molar-refractivity contribution in [2.24, 2.45) is 0 Å². The number of hydrogen-bond acceptors (Lipinski definition) is 4. The van der Waals surface area contributed by atoms with Gasteiger partial charge in [0.05, 0.1) is 11.4 Å². The Morgan fingerprint density at radius 2 is 1.72 bits per heavy atom. The summed E-state index contributed by atoms with van der Waals surface area (Å²) < 4.78 is 6.47. The lowest BCUT2D eigenvalue weighted by Crippen LogP contribution is -2.51. The van der Waals surface area contributed by atoms with E-state index >= 15 is 0 Å². The van der Waals surface area contributed by atoms with Crippen molar-refractivity contribution in [1.29, 1.82) is 0 Å². The molecule has 1 spiro atoms. The van der Waals surface area contributed by atoms with Gasteiger partial charge in [0.1, 0.15) is 5.76 Å². The predicted octanol–water partition coefficient (Wildman–Crippen LogP) is 4.49. The van der Waals surface area contributed by atoms with Gasteiger partial charge in [-0.1, -0.05) is 38.7 Å². The molecular formula is C21H36N2O2. The van der Waals surface area contributed by atoms with Crippen LogP contribution >= 0.6 is 0 Å². The number of nitrogens with one attached hydrogen (secondary N) is 1. The predicted molar refractivity (Wildman–Crippen MR) is 108 cm³/mol. The molecule has 2 heterocycles. The summed E-state index contributed by atoms with van der Waals surface area (Å²) in [5.41, 5.74) is 2.01. The number of aliphatic hydroxyl groups excluding tert-OH is 1. The van der Waals surface area contributed by atoms with Crippen LogP contribution in [0, 0.1) is 0 Å². The largest absolute Gasteiger partial charge is 0.479 e. The van der Waals surface area contributed by atoms with E-state index in [-0.39, 0.29) is 5.60 Å². The third kappa shape index (κ3) is 5.35. The number of allylic oxidation sites excluding steroid dienone is 5. The van der Waals surface area contributed by atoms with E-state index in [9.17, 15) is 0 Å². The quantitative estimate of drug-likeness (QED) is 0.772. The van der Waals surface area contributed by atoms with Crippen molar-refractivity contribution < 1.29 is 9.84 Å². The molecule has 0 aliphatic carbocycles. The number of nitrogens with zero attached hydrogens (tertiary/aromatic N) is 1. The summed E-state index contributed by atoms with van der Waals surface area (Å²) >= 11 is 0. The molecule has 2 saturated heterocycles. The normalized spacial score (nSPS) is 23.8. The van der Waals surface area contributed by atoms with Crippen molar-refractivity contribution in [3.8, 4) is 0 Å². The Labute approximate surface area is 154 Å². The van der Waals surface area contributed by atoms with Crippen LogP contribution in [-0.2, 0) is 4.74 Å². The van der Waals surface area contributed by atoms with Gasteiger partial charge in [0.15, 0.2) is 5.60 Å². The van der Waals surface area contributed by atoms with Gasteiger partial charge in [-0.3, -0.25) is 0 Å². The highest BCUT2D eigenvalue weighted by Crippen LogP contribution is 2.44. The van der Waals surface area contributed by atoms with E-state index < -0.39 is 0 Å². The summed E-state index contributed by atoms with van der Waals surface area (Å²) in [7, 11) is 1.00. The Kier molecular flexibility index (Phi) is 11.7. The molecule has 0 bridgehead atoms. The molecule has 4 heteroatoms. The molecule has 0 aromatic heterocycles. The lowest BCUT2D eigenvalue weighted by Gasteiger charge is -2.49. The first kappa shape index (κ1) is 23.2. The maximum Gasteiger partial charge on any atom is 0.151 e. The third-order valence-electron chi connectivity index (χ3n) is 4.12. The van der Waals surface area contributed by atoms with E-state index in [1.807, 2.05) is 52.1 Å². The van der Waals surface area contributed by atoms with Crippen LogP contribution < -0.4 is 5.32 Å². The monoisotopic (exact) mass is 348 g/mol. The molecule has 142 valence electrons. The standard InChI is InChI=1S/C18H26N2O.C2H6.CH4O/c1-5-9-10-15-16(6-2)21-18(11-13-19-14-12-18)17(7-3)20(15)8-4;2*1-2/h5-10,19H,4,11-14H2,1-3H3;1-2H3;2H,1H3/b9-5-,15-10+,16-6+,17-7-;;. The van der Waals surface area contributed by atoms with Gasteiger partial charge in [-0.2, -0.15) is 0 Å². The van der Waals surface area contributed by atoms with Crippen molar-refractivity contribution in [2.75, 3.05) is 20.2 Å². The minimum atomic E-state index is -0.233. The van der Waals surface area contributed by atoms with E-state index in [4.69, 9.17) is 9.84 Å². The fraction of sp³-hybridized carbons (Fsp3) is 0.524.